The standard InChI is InChI=1S/C14H15ClFN5O/c15-10-7-9(1-2-11(10)16)20-13-12(17)14(19-8-18-13)21-3-5-22-6-4-21/h1-2,7-8H,3-6,17H2,(H,18,19,20). The van der Waals surface area contributed by atoms with E-state index in [9.17, 15) is 4.39 Å². The van der Waals surface area contributed by atoms with Crippen LogP contribution in [0.5, 0.6) is 0 Å². The summed E-state index contributed by atoms with van der Waals surface area (Å²) < 4.78 is 18.5. The van der Waals surface area contributed by atoms with Gasteiger partial charge < -0.3 is 20.7 Å². The second-order valence-corrected chi connectivity index (χ2v) is 5.22. The Morgan fingerprint density at radius 2 is 2.05 bits per heavy atom. The number of halogens is 2. The number of morpholine rings is 1. The van der Waals surface area contributed by atoms with Crippen LogP contribution in [-0.2, 0) is 4.74 Å². The van der Waals surface area contributed by atoms with Crippen LogP contribution in [-0.4, -0.2) is 36.3 Å². The summed E-state index contributed by atoms with van der Waals surface area (Å²) in [5.74, 6) is 0.644. The molecule has 0 bridgehead atoms. The van der Waals surface area contributed by atoms with E-state index in [0.29, 0.717) is 36.2 Å². The molecule has 3 rings (SSSR count). The van der Waals surface area contributed by atoms with Crippen LogP contribution in [0, 0.1) is 5.82 Å². The molecule has 0 amide bonds. The van der Waals surface area contributed by atoms with Crippen molar-refractivity contribution in [2.45, 2.75) is 0 Å². The van der Waals surface area contributed by atoms with E-state index in [4.69, 9.17) is 22.1 Å². The van der Waals surface area contributed by atoms with E-state index in [0.717, 1.165) is 13.1 Å². The molecule has 0 aliphatic carbocycles. The number of nitrogen functional groups attached to an aromatic ring is 1. The predicted octanol–water partition coefficient (Wildman–Crippen LogP) is 2.43. The molecule has 22 heavy (non-hydrogen) atoms. The zero-order valence-corrected chi connectivity index (χ0v) is 12.5. The zero-order chi connectivity index (χ0) is 15.5. The highest BCUT2D eigenvalue weighted by Gasteiger charge is 2.17. The third-order valence-corrected chi connectivity index (χ3v) is 3.65. The molecule has 116 valence electrons. The lowest BCUT2D eigenvalue weighted by Crippen LogP contribution is -2.37. The minimum absolute atomic E-state index is 0.0334. The highest BCUT2D eigenvalue weighted by molar-refractivity contribution is 6.31. The minimum Gasteiger partial charge on any atom is -0.393 e. The third kappa shape index (κ3) is 3.05. The van der Waals surface area contributed by atoms with Crippen LogP contribution in [0.3, 0.4) is 0 Å². The molecule has 8 heteroatoms. The summed E-state index contributed by atoms with van der Waals surface area (Å²) in [6.45, 7) is 2.73. The van der Waals surface area contributed by atoms with Gasteiger partial charge in [0.05, 0.1) is 18.2 Å². The number of hydrogen-bond donors (Lipinski definition) is 2. The number of nitrogens with zero attached hydrogens (tertiary/aromatic N) is 3. The van der Waals surface area contributed by atoms with Crippen molar-refractivity contribution in [2.24, 2.45) is 0 Å². The molecular weight excluding hydrogens is 309 g/mol. The van der Waals surface area contributed by atoms with Crippen molar-refractivity contribution in [1.82, 2.24) is 9.97 Å². The Morgan fingerprint density at radius 3 is 2.77 bits per heavy atom. The Hall–Kier alpha value is -2.12. The van der Waals surface area contributed by atoms with Gasteiger partial charge in [0.25, 0.3) is 0 Å². The highest BCUT2D eigenvalue weighted by Crippen LogP contribution is 2.30. The molecule has 0 radical (unpaired) electrons. The van der Waals surface area contributed by atoms with Gasteiger partial charge in [0.2, 0.25) is 0 Å². The molecule has 0 spiro atoms. The first-order valence-electron chi connectivity index (χ1n) is 6.80. The van der Waals surface area contributed by atoms with Gasteiger partial charge in [0.15, 0.2) is 11.6 Å². The van der Waals surface area contributed by atoms with Crippen molar-refractivity contribution in [3.8, 4) is 0 Å². The average Bonchev–Trinajstić information content (AvgIpc) is 2.54. The van der Waals surface area contributed by atoms with Gasteiger partial charge in [0, 0.05) is 18.8 Å². The van der Waals surface area contributed by atoms with Crippen LogP contribution in [0.15, 0.2) is 24.5 Å². The molecule has 1 saturated heterocycles. The van der Waals surface area contributed by atoms with Gasteiger partial charge in [-0.2, -0.15) is 0 Å². The smallest absolute Gasteiger partial charge is 0.159 e. The summed E-state index contributed by atoms with van der Waals surface area (Å²) in [5, 5.41) is 3.07. The van der Waals surface area contributed by atoms with Gasteiger partial charge in [0.1, 0.15) is 17.8 Å². The van der Waals surface area contributed by atoms with Gasteiger partial charge in [-0.25, -0.2) is 14.4 Å². The van der Waals surface area contributed by atoms with Crippen molar-refractivity contribution in [3.63, 3.8) is 0 Å². The average molecular weight is 324 g/mol. The van der Waals surface area contributed by atoms with Crippen molar-refractivity contribution in [2.75, 3.05) is 42.3 Å². The Bertz CT molecular complexity index is 678. The van der Waals surface area contributed by atoms with Crippen molar-refractivity contribution in [1.29, 1.82) is 0 Å². The first-order chi connectivity index (χ1) is 10.6. The SMILES string of the molecule is Nc1c(Nc2ccc(F)c(Cl)c2)ncnc1N1CCOCC1. The molecule has 1 aromatic carbocycles. The molecule has 2 heterocycles. The fourth-order valence-electron chi connectivity index (χ4n) is 2.22. The molecule has 0 unspecified atom stereocenters. The molecule has 2 aromatic rings. The van der Waals surface area contributed by atoms with Crippen LogP contribution >= 0.6 is 11.6 Å². The number of anilines is 4. The second-order valence-electron chi connectivity index (χ2n) is 4.81. The lowest BCUT2D eigenvalue weighted by molar-refractivity contribution is 0.122. The summed E-state index contributed by atoms with van der Waals surface area (Å²) in [6.07, 6.45) is 1.44. The molecule has 0 atom stereocenters. The number of hydrogen-bond acceptors (Lipinski definition) is 6. The number of benzene rings is 1. The summed E-state index contributed by atoms with van der Waals surface area (Å²) >= 11 is 5.77. The zero-order valence-electron chi connectivity index (χ0n) is 11.7. The quantitative estimate of drug-likeness (QED) is 0.903. The maximum absolute atomic E-state index is 13.2. The minimum atomic E-state index is -0.475. The number of nitrogens with two attached hydrogens (primary N) is 1. The van der Waals surface area contributed by atoms with E-state index in [-0.39, 0.29) is 5.02 Å². The number of nitrogens with one attached hydrogen (secondary N) is 1. The van der Waals surface area contributed by atoms with Crippen LogP contribution in [0.25, 0.3) is 0 Å². The van der Waals surface area contributed by atoms with Crippen molar-refractivity contribution < 1.29 is 9.13 Å². The molecule has 0 saturated carbocycles. The van der Waals surface area contributed by atoms with Crippen molar-refractivity contribution in [3.05, 3.63) is 35.4 Å². The monoisotopic (exact) mass is 323 g/mol. The third-order valence-electron chi connectivity index (χ3n) is 3.36. The molecule has 1 fully saturated rings. The lowest BCUT2D eigenvalue weighted by Gasteiger charge is -2.29. The molecule has 1 aromatic heterocycles. The fraction of sp³-hybridized carbons (Fsp3) is 0.286. The maximum Gasteiger partial charge on any atom is 0.159 e. The van der Waals surface area contributed by atoms with Gasteiger partial charge >= 0.3 is 0 Å². The van der Waals surface area contributed by atoms with Gasteiger partial charge in [-0.1, -0.05) is 11.6 Å². The maximum atomic E-state index is 13.2. The molecule has 1 aliphatic rings. The Morgan fingerprint density at radius 1 is 1.27 bits per heavy atom. The molecule has 3 N–H and O–H groups in total. The number of rotatable bonds is 3. The predicted molar refractivity (Wildman–Crippen MR) is 84.2 cm³/mol. The van der Waals surface area contributed by atoms with E-state index in [1.807, 2.05) is 4.90 Å². The van der Waals surface area contributed by atoms with Crippen LogP contribution in [0.2, 0.25) is 5.02 Å². The van der Waals surface area contributed by atoms with Crippen LogP contribution < -0.4 is 16.0 Å². The lowest BCUT2D eigenvalue weighted by atomic mass is 10.3. The normalized spacial score (nSPS) is 14.9. The Labute approximate surface area is 132 Å². The van der Waals surface area contributed by atoms with Crippen LogP contribution in [0.4, 0.5) is 27.4 Å². The molecular formula is C14H15ClFN5O. The topological polar surface area (TPSA) is 76.3 Å². The van der Waals surface area contributed by atoms with Gasteiger partial charge in [-0.05, 0) is 18.2 Å². The fourth-order valence-corrected chi connectivity index (χ4v) is 2.40. The first-order valence-corrected chi connectivity index (χ1v) is 7.18. The summed E-state index contributed by atoms with van der Waals surface area (Å²) in [5.41, 5.74) is 7.19. The summed E-state index contributed by atoms with van der Waals surface area (Å²) in [6, 6.07) is 4.33. The first kappa shape index (κ1) is 14.8. The number of aromatic nitrogens is 2. The van der Waals surface area contributed by atoms with Gasteiger partial charge in [-0.3, -0.25) is 0 Å². The number of ether oxygens (including phenoxy) is 1. The Balaban J connectivity index is 1.86. The second kappa shape index (κ2) is 6.33. The molecule has 1 aliphatic heterocycles. The largest absolute Gasteiger partial charge is 0.393 e. The van der Waals surface area contributed by atoms with Gasteiger partial charge in [-0.15, -0.1) is 0 Å². The van der Waals surface area contributed by atoms with E-state index in [1.165, 1.54) is 18.5 Å². The molecule has 6 nitrogen and oxygen atoms in total. The summed E-state index contributed by atoms with van der Waals surface area (Å²) in [7, 11) is 0. The van der Waals surface area contributed by atoms with E-state index < -0.39 is 5.82 Å². The van der Waals surface area contributed by atoms with E-state index in [2.05, 4.69) is 15.3 Å². The highest BCUT2D eigenvalue weighted by atomic mass is 35.5. The summed E-state index contributed by atoms with van der Waals surface area (Å²) in [4.78, 5) is 10.4. The van der Waals surface area contributed by atoms with E-state index >= 15 is 0 Å². The Kier molecular flexibility index (Phi) is 4.26. The van der Waals surface area contributed by atoms with Crippen LogP contribution in [0.1, 0.15) is 0 Å². The van der Waals surface area contributed by atoms with E-state index in [1.54, 1.807) is 6.07 Å². The van der Waals surface area contributed by atoms with Crippen molar-refractivity contribution >= 4 is 34.6 Å².